The van der Waals surface area contributed by atoms with Gasteiger partial charge in [-0.25, -0.2) is 4.79 Å². The smallest absolute Gasteiger partial charge is 0.337 e. The van der Waals surface area contributed by atoms with E-state index in [1.807, 2.05) is 30.5 Å². The summed E-state index contributed by atoms with van der Waals surface area (Å²) in [7, 11) is 1.37. The molecule has 4 rings (SSSR count). The highest BCUT2D eigenvalue weighted by Crippen LogP contribution is 2.42. The van der Waals surface area contributed by atoms with Crippen LogP contribution in [0.1, 0.15) is 21.7 Å². The molecule has 0 fully saturated rings. The van der Waals surface area contributed by atoms with Crippen molar-refractivity contribution in [2.24, 2.45) is 0 Å². The number of aryl methyl sites for hydroxylation is 2. The van der Waals surface area contributed by atoms with Crippen LogP contribution in [0.5, 0.6) is 17.2 Å². The number of aromatic carboxylic acids is 1. The Morgan fingerprint density at radius 3 is 2.29 bits per heavy atom. The minimum absolute atomic E-state index is 0.0114. The molecule has 0 spiro atoms. The number of nitrogens with zero attached hydrogens (tertiary/aromatic N) is 3. The monoisotopic (exact) mass is 421 g/mol. The van der Waals surface area contributed by atoms with Gasteiger partial charge in [0.2, 0.25) is 11.6 Å². The van der Waals surface area contributed by atoms with Gasteiger partial charge in [0.05, 0.1) is 23.9 Å². The number of benzene rings is 2. The van der Waals surface area contributed by atoms with Crippen LogP contribution in [-0.2, 0) is 0 Å². The first-order chi connectivity index (χ1) is 14.8. The van der Waals surface area contributed by atoms with Crippen molar-refractivity contribution in [3.63, 3.8) is 0 Å². The van der Waals surface area contributed by atoms with Gasteiger partial charge in [-0.2, -0.15) is 0 Å². The van der Waals surface area contributed by atoms with Crippen LogP contribution in [-0.4, -0.2) is 43.2 Å². The molecule has 0 bridgehead atoms. The quantitative estimate of drug-likeness (QED) is 0.413. The van der Waals surface area contributed by atoms with Crippen LogP contribution in [0, 0.1) is 13.8 Å². The number of ether oxygens (including phenoxy) is 1. The van der Waals surface area contributed by atoms with Gasteiger partial charge in [0.15, 0.2) is 11.5 Å². The molecule has 0 aliphatic rings. The first-order valence-corrected chi connectivity index (χ1v) is 9.27. The molecule has 158 valence electrons. The lowest BCUT2D eigenvalue weighted by atomic mass is 10.1. The van der Waals surface area contributed by atoms with Crippen LogP contribution in [0.4, 0.5) is 0 Å². The zero-order valence-corrected chi connectivity index (χ0v) is 16.9. The molecule has 0 atom stereocenters. The summed E-state index contributed by atoms with van der Waals surface area (Å²) in [5.41, 5.74) is 2.99. The van der Waals surface area contributed by atoms with E-state index in [-0.39, 0.29) is 28.7 Å². The molecule has 9 nitrogen and oxygen atoms in total. The third kappa shape index (κ3) is 3.35. The fourth-order valence-corrected chi connectivity index (χ4v) is 3.43. The standard InChI is InChI=1S/C22H19N3O6/c1-11-4-5-12(2)25(11)16-10-13(6-7-14(16)22(28)29)20-23-24-21(31-20)15-8-9-17(30-3)19(27)18(15)26/h4-10,26-27H,1-3H3,(H,28,29). The Balaban J connectivity index is 1.81. The fourth-order valence-electron chi connectivity index (χ4n) is 3.43. The number of carboxylic acid groups (broad SMARTS) is 1. The summed E-state index contributed by atoms with van der Waals surface area (Å²) in [5.74, 6) is -1.72. The third-order valence-electron chi connectivity index (χ3n) is 4.98. The molecule has 0 saturated carbocycles. The van der Waals surface area contributed by atoms with Gasteiger partial charge in [0.1, 0.15) is 0 Å². The van der Waals surface area contributed by atoms with Crippen molar-refractivity contribution in [3.8, 4) is 45.8 Å². The molecule has 9 heteroatoms. The molecule has 0 radical (unpaired) electrons. The number of hydrogen-bond donors (Lipinski definition) is 3. The number of carbonyl (C=O) groups is 1. The first kappa shape index (κ1) is 20.0. The zero-order chi connectivity index (χ0) is 22.3. The van der Waals surface area contributed by atoms with Gasteiger partial charge < -0.3 is 29.0 Å². The highest BCUT2D eigenvalue weighted by atomic mass is 16.5. The molecule has 2 heterocycles. The van der Waals surface area contributed by atoms with Crippen molar-refractivity contribution in [3.05, 3.63) is 59.4 Å². The van der Waals surface area contributed by atoms with Gasteiger partial charge in [-0.3, -0.25) is 0 Å². The minimum atomic E-state index is -1.06. The van der Waals surface area contributed by atoms with E-state index in [1.165, 1.54) is 25.3 Å². The topological polar surface area (TPSA) is 131 Å². The van der Waals surface area contributed by atoms with Gasteiger partial charge in [0, 0.05) is 17.0 Å². The summed E-state index contributed by atoms with van der Waals surface area (Å²) in [6.45, 7) is 3.77. The Labute approximate surface area is 176 Å². The van der Waals surface area contributed by atoms with Crippen molar-refractivity contribution in [2.75, 3.05) is 7.11 Å². The van der Waals surface area contributed by atoms with E-state index in [1.54, 1.807) is 12.1 Å². The van der Waals surface area contributed by atoms with E-state index >= 15 is 0 Å². The number of aromatic nitrogens is 3. The summed E-state index contributed by atoms with van der Waals surface area (Å²) in [6.07, 6.45) is 0. The maximum atomic E-state index is 11.8. The number of phenols is 2. The summed E-state index contributed by atoms with van der Waals surface area (Å²) in [5, 5.41) is 37.9. The molecule has 0 amide bonds. The lowest BCUT2D eigenvalue weighted by molar-refractivity contribution is 0.0697. The van der Waals surface area contributed by atoms with Crippen LogP contribution < -0.4 is 4.74 Å². The largest absolute Gasteiger partial charge is 0.504 e. The Kier molecular flexibility index (Phi) is 4.86. The van der Waals surface area contributed by atoms with E-state index in [2.05, 4.69) is 10.2 Å². The predicted molar refractivity (Wildman–Crippen MR) is 111 cm³/mol. The van der Waals surface area contributed by atoms with E-state index in [0.717, 1.165) is 11.4 Å². The van der Waals surface area contributed by atoms with Gasteiger partial charge >= 0.3 is 5.97 Å². The SMILES string of the molecule is COc1ccc(-c2nnc(-c3ccc(C(=O)O)c(-n4c(C)ccc4C)c3)o2)c(O)c1O. The van der Waals surface area contributed by atoms with Crippen molar-refractivity contribution in [1.29, 1.82) is 0 Å². The van der Waals surface area contributed by atoms with Crippen molar-refractivity contribution < 1.29 is 29.3 Å². The van der Waals surface area contributed by atoms with Crippen molar-refractivity contribution >= 4 is 5.97 Å². The van der Waals surface area contributed by atoms with Gasteiger partial charge in [-0.1, -0.05) is 0 Å². The van der Waals surface area contributed by atoms with Crippen molar-refractivity contribution in [1.82, 2.24) is 14.8 Å². The number of phenolic OH excluding ortho intramolecular Hbond substituents is 2. The van der Waals surface area contributed by atoms with E-state index < -0.39 is 17.5 Å². The number of rotatable bonds is 5. The Bertz CT molecular complexity index is 1290. The van der Waals surface area contributed by atoms with Gasteiger partial charge in [0.25, 0.3) is 5.89 Å². The molecule has 2 aromatic carbocycles. The van der Waals surface area contributed by atoms with Gasteiger partial charge in [-0.15, -0.1) is 10.2 Å². The van der Waals surface area contributed by atoms with Crippen LogP contribution >= 0.6 is 0 Å². The molecule has 0 unspecified atom stereocenters. The third-order valence-corrected chi connectivity index (χ3v) is 4.98. The number of aromatic hydroxyl groups is 2. The highest BCUT2D eigenvalue weighted by Gasteiger charge is 2.21. The van der Waals surface area contributed by atoms with Crippen LogP contribution in [0.25, 0.3) is 28.6 Å². The molecular weight excluding hydrogens is 402 g/mol. The van der Waals surface area contributed by atoms with Crippen LogP contribution in [0.15, 0.2) is 46.9 Å². The van der Waals surface area contributed by atoms with Crippen LogP contribution in [0.3, 0.4) is 0 Å². The Morgan fingerprint density at radius 1 is 0.968 bits per heavy atom. The molecule has 0 aliphatic carbocycles. The Hall–Kier alpha value is -4.27. The second-order valence-corrected chi connectivity index (χ2v) is 6.91. The average Bonchev–Trinajstić information content (AvgIpc) is 3.36. The lowest BCUT2D eigenvalue weighted by Crippen LogP contribution is -2.08. The van der Waals surface area contributed by atoms with E-state index in [9.17, 15) is 20.1 Å². The predicted octanol–water partition coefficient (Wildman–Crippen LogP) is 3.93. The molecule has 4 aromatic rings. The summed E-state index contributed by atoms with van der Waals surface area (Å²) in [4.78, 5) is 11.8. The molecule has 3 N–H and O–H groups in total. The molecule has 0 aliphatic heterocycles. The fraction of sp³-hybridized carbons (Fsp3) is 0.136. The molecule has 31 heavy (non-hydrogen) atoms. The normalized spacial score (nSPS) is 10.9. The number of methoxy groups -OCH3 is 1. The van der Waals surface area contributed by atoms with E-state index in [0.29, 0.717) is 11.3 Å². The summed E-state index contributed by atoms with van der Waals surface area (Å²) in [6, 6.07) is 11.5. The second-order valence-electron chi connectivity index (χ2n) is 6.91. The van der Waals surface area contributed by atoms with E-state index in [4.69, 9.17) is 9.15 Å². The Morgan fingerprint density at radius 2 is 1.65 bits per heavy atom. The lowest BCUT2D eigenvalue weighted by Gasteiger charge is -2.13. The van der Waals surface area contributed by atoms with Gasteiger partial charge in [-0.05, 0) is 56.3 Å². The number of carboxylic acids is 1. The zero-order valence-electron chi connectivity index (χ0n) is 16.9. The van der Waals surface area contributed by atoms with Crippen molar-refractivity contribution in [2.45, 2.75) is 13.8 Å². The maximum Gasteiger partial charge on any atom is 0.337 e. The molecule has 2 aromatic heterocycles. The highest BCUT2D eigenvalue weighted by molar-refractivity contribution is 5.93. The number of hydrogen-bond acceptors (Lipinski definition) is 7. The average molecular weight is 421 g/mol. The minimum Gasteiger partial charge on any atom is -0.504 e. The maximum absolute atomic E-state index is 11.8. The second kappa shape index (κ2) is 7.52. The molecular formula is C22H19N3O6. The molecule has 0 saturated heterocycles. The first-order valence-electron chi connectivity index (χ1n) is 9.27. The summed E-state index contributed by atoms with van der Waals surface area (Å²) >= 11 is 0. The van der Waals surface area contributed by atoms with Crippen LogP contribution in [0.2, 0.25) is 0 Å². The summed E-state index contributed by atoms with van der Waals surface area (Å²) < 4.78 is 12.5.